The van der Waals surface area contributed by atoms with Crippen molar-refractivity contribution in [2.45, 2.75) is 18.2 Å². The van der Waals surface area contributed by atoms with E-state index < -0.39 is 33.4 Å². The molecule has 3 aromatic carbocycles. The number of para-hydroxylation sites is 2. The lowest BCUT2D eigenvalue weighted by molar-refractivity contribution is -0.384. The van der Waals surface area contributed by atoms with Crippen molar-refractivity contribution in [3.8, 4) is 0 Å². The van der Waals surface area contributed by atoms with Gasteiger partial charge in [-0.25, -0.2) is 13.2 Å². The van der Waals surface area contributed by atoms with Gasteiger partial charge < -0.3 is 10.1 Å². The Hall–Kier alpha value is -4.25. The topological polar surface area (TPSA) is 136 Å². The zero-order valence-corrected chi connectivity index (χ0v) is 19.4. The summed E-state index contributed by atoms with van der Waals surface area (Å²) in [6.45, 7) is 1.18. The number of sulfonamides is 1. The van der Waals surface area contributed by atoms with Crippen LogP contribution >= 0.6 is 0 Å². The lowest BCUT2D eigenvalue weighted by atomic mass is 10.1. The lowest BCUT2D eigenvalue weighted by Gasteiger charge is -2.19. The molecule has 0 aliphatic carbocycles. The number of hydrogen-bond donors (Lipinski definition) is 1. The van der Waals surface area contributed by atoms with Crippen LogP contribution in [0.5, 0.6) is 0 Å². The van der Waals surface area contributed by atoms with Gasteiger partial charge in [-0.1, -0.05) is 36.4 Å². The summed E-state index contributed by atoms with van der Waals surface area (Å²) in [5.41, 5.74) is 1.67. The van der Waals surface area contributed by atoms with E-state index in [-0.39, 0.29) is 21.8 Å². The molecule has 4 rings (SSSR count). The Morgan fingerprint density at radius 3 is 2.60 bits per heavy atom. The van der Waals surface area contributed by atoms with Gasteiger partial charge in [-0.3, -0.25) is 19.2 Å². The van der Waals surface area contributed by atoms with Crippen LogP contribution in [-0.2, 0) is 26.0 Å². The summed E-state index contributed by atoms with van der Waals surface area (Å²) in [6, 6.07) is 16.9. The molecule has 0 aromatic heterocycles. The molecule has 11 heteroatoms. The van der Waals surface area contributed by atoms with Crippen molar-refractivity contribution in [2.24, 2.45) is 0 Å². The van der Waals surface area contributed by atoms with Gasteiger partial charge in [-0.15, -0.1) is 0 Å². The summed E-state index contributed by atoms with van der Waals surface area (Å²) in [5, 5.41) is 13.6. The Bertz CT molecular complexity index is 1440. The van der Waals surface area contributed by atoms with Gasteiger partial charge in [-0.2, -0.15) is 0 Å². The first-order valence-corrected chi connectivity index (χ1v) is 12.0. The number of ether oxygens (including phenoxy) is 1. The van der Waals surface area contributed by atoms with Gasteiger partial charge in [0.2, 0.25) is 0 Å². The number of esters is 1. The highest BCUT2D eigenvalue weighted by molar-refractivity contribution is 7.92. The normalized spacial score (nSPS) is 12.7. The van der Waals surface area contributed by atoms with Crippen LogP contribution < -0.4 is 9.62 Å². The molecule has 0 spiro atoms. The van der Waals surface area contributed by atoms with Crippen molar-refractivity contribution in [3.05, 3.63) is 93.5 Å². The minimum absolute atomic E-state index is 0.0116. The standard InChI is InChI=1S/C24H21N3O7S/c1-16-6-4-11-21(27(30)31)23(16)25-22(28)15-34-24(29)18-8-5-9-19(14-18)35(32,33)26-13-12-17-7-2-3-10-20(17)26/h2-11,14H,12-13,15H2,1H3,(H,25,28). The second kappa shape index (κ2) is 9.55. The summed E-state index contributed by atoms with van der Waals surface area (Å²) < 4.78 is 32.8. The van der Waals surface area contributed by atoms with Gasteiger partial charge in [0.05, 0.1) is 21.1 Å². The highest BCUT2D eigenvalue weighted by atomic mass is 32.2. The minimum Gasteiger partial charge on any atom is -0.452 e. The third kappa shape index (κ3) is 4.85. The summed E-state index contributed by atoms with van der Waals surface area (Å²) in [4.78, 5) is 35.3. The molecule has 0 bridgehead atoms. The molecule has 0 unspecified atom stereocenters. The molecule has 1 amide bonds. The van der Waals surface area contributed by atoms with E-state index in [0.29, 0.717) is 24.2 Å². The number of aryl methyl sites for hydroxylation is 1. The maximum Gasteiger partial charge on any atom is 0.338 e. The van der Waals surface area contributed by atoms with Crippen LogP contribution in [-0.4, -0.2) is 38.4 Å². The fraction of sp³-hybridized carbons (Fsp3) is 0.167. The van der Waals surface area contributed by atoms with E-state index in [0.717, 1.165) is 5.56 Å². The van der Waals surface area contributed by atoms with E-state index in [2.05, 4.69) is 5.32 Å². The van der Waals surface area contributed by atoms with Crippen LogP contribution in [0.1, 0.15) is 21.5 Å². The second-order valence-electron chi connectivity index (χ2n) is 7.83. The molecule has 0 saturated heterocycles. The minimum atomic E-state index is -3.92. The maximum atomic E-state index is 13.2. The Kier molecular flexibility index (Phi) is 6.52. The fourth-order valence-electron chi connectivity index (χ4n) is 3.83. The molecule has 35 heavy (non-hydrogen) atoms. The van der Waals surface area contributed by atoms with Gasteiger partial charge in [-0.05, 0) is 48.7 Å². The van der Waals surface area contributed by atoms with Crippen LogP contribution in [0.15, 0.2) is 71.6 Å². The quantitative estimate of drug-likeness (QED) is 0.301. The second-order valence-corrected chi connectivity index (χ2v) is 9.70. The van der Waals surface area contributed by atoms with Crippen LogP contribution in [0, 0.1) is 17.0 Å². The highest BCUT2D eigenvalue weighted by Crippen LogP contribution is 2.33. The van der Waals surface area contributed by atoms with Crippen molar-refractivity contribution < 1.29 is 27.7 Å². The SMILES string of the molecule is Cc1cccc([N+](=O)[O-])c1NC(=O)COC(=O)c1cccc(S(=O)(=O)N2CCc3ccccc32)c1. The molecule has 0 radical (unpaired) electrons. The zero-order valence-electron chi connectivity index (χ0n) is 18.6. The predicted octanol–water partition coefficient (Wildman–Crippen LogP) is 3.45. The lowest BCUT2D eigenvalue weighted by Crippen LogP contribution is -2.29. The number of anilines is 2. The number of carbonyl (C=O) groups is 2. The third-order valence-corrected chi connectivity index (χ3v) is 7.36. The summed E-state index contributed by atoms with van der Waals surface area (Å²) in [7, 11) is -3.92. The van der Waals surface area contributed by atoms with Gasteiger partial charge in [0.1, 0.15) is 5.69 Å². The highest BCUT2D eigenvalue weighted by Gasteiger charge is 2.31. The zero-order chi connectivity index (χ0) is 25.2. The van der Waals surface area contributed by atoms with E-state index in [1.54, 1.807) is 25.1 Å². The van der Waals surface area contributed by atoms with Crippen molar-refractivity contribution in [1.29, 1.82) is 0 Å². The van der Waals surface area contributed by atoms with Gasteiger partial charge >= 0.3 is 5.97 Å². The number of benzene rings is 3. The predicted molar refractivity (Wildman–Crippen MR) is 128 cm³/mol. The number of hydrogen-bond acceptors (Lipinski definition) is 7. The number of amides is 1. The van der Waals surface area contributed by atoms with E-state index in [9.17, 15) is 28.1 Å². The molecular formula is C24H21N3O7S. The smallest absolute Gasteiger partial charge is 0.338 e. The third-order valence-electron chi connectivity index (χ3n) is 5.55. The molecule has 0 fully saturated rings. The molecule has 10 nitrogen and oxygen atoms in total. The average molecular weight is 496 g/mol. The van der Waals surface area contributed by atoms with E-state index in [1.165, 1.54) is 40.7 Å². The Morgan fingerprint density at radius 2 is 1.83 bits per heavy atom. The number of nitro benzene ring substituents is 1. The van der Waals surface area contributed by atoms with Crippen LogP contribution in [0.25, 0.3) is 0 Å². The molecule has 1 N–H and O–H groups in total. The summed E-state index contributed by atoms with van der Waals surface area (Å²) in [6.07, 6.45) is 0.589. The van der Waals surface area contributed by atoms with Crippen molar-refractivity contribution in [1.82, 2.24) is 0 Å². The largest absolute Gasteiger partial charge is 0.452 e. The average Bonchev–Trinajstić information content (AvgIpc) is 3.29. The molecule has 0 atom stereocenters. The molecule has 1 aliphatic rings. The Morgan fingerprint density at radius 1 is 1.09 bits per heavy atom. The van der Waals surface area contributed by atoms with Gasteiger partial charge in [0, 0.05) is 12.6 Å². The number of rotatable bonds is 7. The van der Waals surface area contributed by atoms with E-state index in [1.807, 2.05) is 12.1 Å². The van der Waals surface area contributed by atoms with Crippen LogP contribution in [0.2, 0.25) is 0 Å². The molecule has 1 aliphatic heterocycles. The molecule has 1 heterocycles. The monoisotopic (exact) mass is 495 g/mol. The Labute approximate surface area is 201 Å². The summed E-state index contributed by atoms with van der Waals surface area (Å²) >= 11 is 0. The van der Waals surface area contributed by atoms with Crippen LogP contribution in [0.3, 0.4) is 0 Å². The first kappa shape index (κ1) is 23.9. The van der Waals surface area contributed by atoms with Crippen molar-refractivity contribution >= 4 is 39.0 Å². The first-order valence-electron chi connectivity index (χ1n) is 10.6. The molecule has 3 aromatic rings. The van der Waals surface area contributed by atoms with E-state index >= 15 is 0 Å². The van der Waals surface area contributed by atoms with Crippen molar-refractivity contribution in [2.75, 3.05) is 22.8 Å². The summed E-state index contributed by atoms with van der Waals surface area (Å²) in [5.74, 6) is -1.67. The van der Waals surface area contributed by atoms with Crippen LogP contribution in [0.4, 0.5) is 17.1 Å². The number of nitrogens with zero attached hydrogens (tertiary/aromatic N) is 2. The number of nitrogens with one attached hydrogen (secondary N) is 1. The molecule has 180 valence electrons. The van der Waals surface area contributed by atoms with E-state index in [4.69, 9.17) is 4.74 Å². The molecular weight excluding hydrogens is 474 g/mol. The fourth-order valence-corrected chi connectivity index (χ4v) is 5.37. The Balaban J connectivity index is 1.46. The number of nitro groups is 1. The number of fused-ring (bicyclic) bond motifs is 1. The maximum absolute atomic E-state index is 13.2. The number of carbonyl (C=O) groups excluding carboxylic acids is 2. The van der Waals surface area contributed by atoms with Crippen molar-refractivity contribution in [3.63, 3.8) is 0 Å². The van der Waals surface area contributed by atoms with Gasteiger partial charge in [0.25, 0.3) is 21.6 Å². The van der Waals surface area contributed by atoms with Gasteiger partial charge in [0.15, 0.2) is 6.61 Å². The first-order chi connectivity index (χ1) is 16.7. The molecule has 0 saturated carbocycles.